The molecule has 2 aromatic rings. The van der Waals surface area contributed by atoms with Crippen LogP contribution in [0.15, 0.2) is 36.4 Å². The van der Waals surface area contributed by atoms with Gasteiger partial charge in [-0.15, -0.1) is 0 Å². The Labute approximate surface area is 146 Å². The maximum absolute atomic E-state index is 13.5. The lowest BCUT2D eigenvalue weighted by atomic mass is 10.1. The van der Waals surface area contributed by atoms with Crippen molar-refractivity contribution in [3.05, 3.63) is 59.4 Å². The summed E-state index contributed by atoms with van der Waals surface area (Å²) in [5, 5.41) is 4.32. The number of carbonyl (C=O) groups is 3. The van der Waals surface area contributed by atoms with Crippen LogP contribution < -0.4 is 10.6 Å². The molecule has 0 atom stereocenters. The lowest BCUT2D eigenvalue weighted by Gasteiger charge is -2.10. The van der Waals surface area contributed by atoms with E-state index in [1.807, 2.05) is 5.32 Å². The Hall–Kier alpha value is -3.36. The van der Waals surface area contributed by atoms with Crippen molar-refractivity contribution in [2.24, 2.45) is 0 Å². The van der Waals surface area contributed by atoms with Crippen molar-refractivity contribution >= 4 is 29.2 Å². The summed E-state index contributed by atoms with van der Waals surface area (Å²) in [5.74, 6) is -7.16. The third kappa shape index (κ3) is 4.38. The summed E-state index contributed by atoms with van der Waals surface area (Å²) in [6, 6.07) is 7.42. The van der Waals surface area contributed by atoms with E-state index in [2.05, 4.69) is 10.1 Å². The average Bonchev–Trinajstić information content (AvgIpc) is 2.62. The minimum absolute atomic E-state index is 0.0791. The number of hydrogen-bond donors (Lipinski definition) is 2. The molecule has 0 unspecified atom stereocenters. The first kappa shape index (κ1) is 19.0. The van der Waals surface area contributed by atoms with Crippen molar-refractivity contribution in [3.8, 4) is 0 Å². The Balaban J connectivity index is 2.04. The van der Waals surface area contributed by atoms with Crippen molar-refractivity contribution in [1.29, 1.82) is 0 Å². The first-order chi connectivity index (χ1) is 12.3. The van der Waals surface area contributed by atoms with E-state index < -0.39 is 47.3 Å². The van der Waals surface area contributed by atoms with Crippen molar-refractivity contribution in [2.45, 2.75) is 6.42 Å². The molecule has 0 aliphatic carbocycles. The molecular weight excluding hydrogens is 353 g/mol. The van der Waals surface area contributed by atoms with E-state index in [9.17, 15) is 27.6 Å². The summed E-state index contributed by atoms with van der Waals surface area (Å²) in [5.41, 5.74) is -0.400. The fraction of sp³-hybridized carbons (Fsp3) is 0.118. The maximum Gasteiger partial charge on any atom is 0.339 e. The minimum atomic E-state index is -1.74. The monoisotopic (exact) mass is 366 g/mol. The van der Waals surface area contributed by atoms with Gasteiger partial charge in [-0.2, -0.15) is 0 Å². The number of ether oxygens (including phenoxy) is 1. The largest absolute Gasteiger partial charge is 0.465 e. The van der Waals surface area contributed by atoms with Crippen LogP contribution >= 0.6 is 0 Å². The molecule has 0 aliphatic rings. The van der Waals surface area contributed by atoms with Gasteiger partial charge in [-0.3, -0.25) is 9.59 Å². The molecule has 9 heteroatoms. The minimum Gasteiger partial charge on any atom is -0.465 e. The molecule has 0 saturated heterocycles. The quantitative estimate of drug-likeness (QED) is 0.484. The van der Waals surface area contributed by atoms with E-state index in [0.29, 0.717) is 6.07 Å². The summed E-state index contributed by atoms with van der Waals surface area (Å²) >= 11 is 0. The van der Waals surface area contributed by atoms with Crippen molar-refractivity contribution in [1.82, 2.24) is 0 Å². The molecule has 2 rings (SSSR count). The zero-order chi connectivity index (χ0) is 19.3. The molecule has 2 N–H and O–H groups in total. The predicted octanol–water partition coefficient (Wildman–Crippen LogP) is 2.86. The number of carbonyl (C=O) groups excluding carboxylic acids is 3. The molecule has 6 nitrogen and oxygen atoms in total. The predicted molar refractivity (Wildman–Crippen MR) is 86.0 cm³/mol. The fourth-order valence-corrected chi connectivity index (χ4v) is 2.04. The summed E-state index contributed by atoms with van der Waals surface area (Å²) in [6.07, 6.45) is -0.742. The van der Waals surface area contributed by atoms with Crippen LogP contribution in [0.3, 0.4) is 0 Å². The van der Waals surface area contributed by atoms with Gasteiger partial charge in [0.05, 0.1) is 24.0 Å². The third-order valence-corrected chi connectivity index (χ3v) is 3.24. The van der Waals surface area contributed by atoms with Gasteiger partial charge in [0, 0.05) is 0 Å². The van der Waals surface area contributed by atoms with Gasteiger partial charge in [-0.05, 0) is 24.3 Å². The SMILES string of the molecule is COC(=O)c1ccccc1NC(=O)CC(=O)Nc1ccc(F)c(F)c1F. The molecule has 0 spiro atoms. The molecular formula is C17H13F3N2O4. The van der Waals surface area contributed by atoms with Crippen LogP contribution in [0.2, 0.25) is 0 Å². The number of methoxy groups -OCH3 is 1. The van der Waals surface area contributed by atoms with Crippen LogP contribution in [0.1, 0.15) is 16.8 Å². The summed E-state index contributed by atoms with van der Waals surface area (Å²) in [6.45, 7) is 0. The summed E-state index contributed by atoms with van der Waals surface area (Å²) in [4.78, 5) is 35.3. The molecule has 0 fully saturated rings. The fourth-order valence-electron chi connectivity index (χ4n) is 2.04. The van der Waals surface area contributed by atoms with Crippen LogP contribution in [0, 0.1) is 17.5 Å². The standard InChI is InChI=1S/C17H13F3N2O4/c1-26-17(25)9-4-2-3-5-11(9)21-13(23)8-14(24)22-12-7-6-10(18)15(19)16(12)20/h2-7H,8H2,1H3,(H,21,23)(H,22,24). The average molecular weight is 366 g/mol. The number of para-hydroxylation sites is 1. The highest BCUT2D eigenvalue weighted by molar-refractivity contribution is 6.10. The number of anilines is 2. The number of nitrogens with one attached hydrogen (secondary N) is 2. The maximum atomic E-state index is 13.5. The number of benzene rings is 2. The van der Waals surface area contributed by atoms with E-state index in [0.717, 1.165) is 6.07 Å². The van der Waals surface area contributed by atoms with Crippen LogP contribution in [0.4, 0.5) is 24.5 Å². The van der Waals surface area contributed by atoms with E-state index in [1.54, 1.807) is 12.1 Å². The lowest BCUT2D eigenvalue weighted by Crippen LogP contribution is -2.23. The Morgan fingerprint density at radius 3 is 2.15 bits per heavy atom. The molecule has 136 valence electrons. The second kappa shape index (κ2) is 8.15. The van der Waals surface area contributed by atoms with Gasteiger partial charge in [-0.1, -0.05) is 12.1 Å². The Morgan fingerprint density at radius 2 is 1.50 bits per heavy atom. The molecule has 0 saturated carbocycles. The van der Waals surface area contributed by atoms with Crippen molar-refractivity contribution in [2.75, 3.05) is 17.7 Å². The van der Waals surface area contributed by atoms with Crippen LogP contribution in [-0.4, -0.2) is 24.9 Å². The van der Waals surface area contributed by atoms with E-state index >= 15 is 0 Å². The highest BCUT2D eigenvalue weighted by atomic mass is 19.2. The summed E-state index contributed by atoms with van der Waals surface area (Å²) < 4.78 is 44.1. The highest BCUT2D eigenvalue weighted by Crippen LogP contribution is 2.20. The first-order valence-corrected chi connectivity index (χ1v) is 7.24. The van der Waals surface area contributed by atoms with Crippen LogP contribution in [-0.2, 0) is 14.3 Å². The summed E-state index contributed by atoms with van der Waals surface area (Å²) in [7, 11) is 1.17. The van der Waals surface area contributed by atoms with Crippen LogP contribution in [0.5, 0.6) is 0 Å². The third-order valence-electron chi connectivity index (χ3n) is 3.24. The van der Waals surface area contributed by atoms with Gasteiger partial charge in [0.15, 0.2) is 17.5 Å². The van der Waals surface area contributed by atoms with Gasteiger partial charge in [0.2, 0.25) is 11.8 Å². The van der Waals surface area contributed by atoms with E-state index in [-0.39, 0.29) is 11.3 Å². The molecule has 0 heterocycles. The molecule has 0 aliphatic heterocycles. The number of rotatable bonds is 5. The molecule has 2 amide bonds. The lowest BCUT2D eigenvalue weighted by molar-refractivity contribution is -0.123. The highest BCUT2D eigenvalue weighted by Gasteiger charge is 2.18. The zero-order valence-electron chi connectivity index (χ0n) is 13.4. The molecule has 0 aromatic heterocycles. The molecule has 0 radical (unpaired) electrons. The van der Waals surface area contributed by atoms with Gasteiger partial charge in [-0.25, -0.2) is 18.0 Å². The topological polar surface area (TPSA) is 84.5 Å². The Morgan fingerprint density at radius 1 is 0.885 bits per heavy atom. The first-order valence-electron chi connectivity index (χ1n) is 7.24. The molecule has 2 aromatic carbocycles. The Kier molecular flexibility index (Phi) is 5.94. The van der Waals surface area contributed by atoms with Gasteiger partial charge in [0.1, 0.15) is 6.42 Å². The number of amides is 2. The second-order valence-electron chi connectivity index (χ2n) is 5.03. The van der Waals surface area contributed by atoms with Gasteiger partial charge < -0.3 is 15.4 Å². The second-order valence-corrected chi connectivity index (χ2v) is 5.03. The van der Waals surface area contributed by atoms with E-state index in [1.165, 1.54) is 19.2 Å². The van der Waals surface area contributed by atoms with Gasteiger partial charge >= 0.3 is 5.97 Å². The van der Waals surface area contributed by atoms with Crippen molar-refractivity contribution in [3.63, 3.8) is 0 Å². The number of halogens is 3. The number of hydrogen-bond acceptors (Lipinski definition) is 4. The Bertz CT molecular complexity index is 871. The van der Waals surface area contributed by atoms with Crippen molar-refractivity contribution < 1.29 is 32.3 Å². The molecule has 26 heavy (non-hydrogen) atoms. The normalized spacial score (nSPS) is 10.2. The zero-order valence-corrected chi connectivity index (χ0v) is 13.4. The smallest absolute Gasteiger partial charge is 0.339 e. The number of esters is 1. The van der Waals surface area contributed by atoms with Gasteiger partial charge in [0.25, 0.3) is 0 Å². The van der Waals surface area contributed by atoms with Crippen LogP contribution in [0.25, 0.3) is 0 Å². The molecule has 0 bridgehead atoms. The van der Waals surface area contributed by atoms with E-state index in [4.69, 9.17) is 0 Å².